The van der Waals surface area contributed by atoms with Gasteiger partial charge in [-0.15, -0.1) is 0 Å². The molecule has 0 spiro atoms. The molecule has 1 amide bonds. The first-order chi connectivity index (χ1) is 7.66. The summed E-state index contributed by atoms with van der Waals surface area (Å²) in [5, 5.41) is 10.8. The quantitative estimate of drug-likeness (QED) is 0.378. The molecule has 0 aliphatic heterocycles. The molecule has 16 heavy (non-hydrogen) atoms. The van der Waals surface area contributed by atoms with Crippen LogP contribution in [0.4, 0.5) is 0 Å². The highest BCUT2D eigenvalue weighted by molar-refractivity contribution is 6.19. The van der Waals surface area contributed by atoms with E-state index >= 15 is 0 Å². The number of carboxylic acid groups (broad SMARTS) is 1. The molecule has 0 saturated heterocycles. The van der Waals surface area contributed by atoms with Crippen molar-refractivity contribution in [3.63, 3.8) is 0 Å². The topological polar surface area (TPSA) is 84.9 Å². The number of rotatable bonds is 10. The molecule has 7 heteroatoms. The number of ether oxygens (including phenoxy) is 2. The Morgan fingerprint density at radius 3 is 2.31 bits per heavy atom. The maximum atomic E-state index is 10.7. The predicted octanol–water partition coefficient (Wildman–Crippen LogP) is -0.803. The molecule has 0 aromatic heterocycles. The van der Waals surface area contributed by atoms with Gasteiger partial charge >= 0.3 is 5.97 Å². The highest BCUT2D eigenvalue weighted by atomic mass is 16.5. The standard InChI is InChI=1S/C9H16BNO5/c10-7-8(12)11-2-4-16-6-5-15-3-1-9(13)14/h1-7H2,(H,11,12)(H,13,14). The van der Waals surface area contributed by atoms with Gasteiger partial charge in [0.05, 0.1) is 40.7 Å². The molecule has 0 aromatic rings. The molecular weight excluding hydrogens is 213 g/mol. The van der Waals surface area contributed by atoms with E-state index in [1.54, 1.807) is 0 Å². The molecule has 0 aromatic carbocycles. The number of hydrogen-bond donors (Lipinski definition) is 2. The number of carboxylic acids is 1. The maximum absolute atomic E-state index is 10.7. The third-order valence-electron chi connectivity index (χ3n) is 1.59. The summed E-state index contributed by atoms with van der Waals surface area (Å²) in [6, 6.07) is 0. The van der Waals surface area contributed by atoms with Crippen LogP contribution in [-0.4, -0.2) is 57.8 Å². The van der Waals surface area contributed by atoms with E-state index in [4.69, 9.17) is 22.4 Å². The fourth-order valence-corrected chi connectivity index (χ4v) is 0.816. The molecular formula is C9H16BNO5. The van der Waals surface area contributed by atoms with E-state index < -0.39 is 5.97 Å². The largest absolute Gasteiger partial charge is 0.481 e. The number of carbonyl (C=O) groups is 2. The van der Waals surface area contributed by atoms with Crippen molar-refractivity contribution in [3.05, 3.63) is 0 Å². The minimum atomic E-state index is -0.884. The Kier molecular flexibility index (Phi) is 9.74. The van der Waals surface area contributed by atoms with E-state index in [9.17, 15) is 9.59 Å². The summed E-state index contributed by atoms with van der Waals surface area (Å²) in [6.45, 7) is 1.69. The van der Waals surface area contributed by atoms with Gasteiger partial charge < -0.3 is 19.9 Å². The van der Waals surface area contributed by atoms with Crippen LogP contribution in [0.25, 0.3) is 0 Å². The zero-order valence-electron chi connectivity index (χ0n) is 9.11. The number of nitrogens with one attached hydrogen (secondary N) is 1. The van der Waals surface area contributed by atoms with Crippen molar-refractivity contribution in [3.8, 4) is 0 Å². The van der Waals surface area contributed by atoms with Gasteiger partial charge in [-0.05, 0) is 6.32 Å². The second kappa shape index (κ2) is 10.4. The Morgan fingerprint density at radius 2 is 1.75 bits per heavy atom. The van der Waals surface area contributed by atoms with Gasteiger partial charge in [0.2, 0.25) is 5.91 Å². The summed E-state index contributed by atoms with van der Waals surface area (Å²) in [5.74, 6) is -1.10. The Hall–Kier alpha value is -1.08. The van der Waals surface area contributed by atoms with E-state index in [1.807, 2.05) is 0 Å². The van der Waals surface area contributed by atoms with Crippen LogP contribution in [0.3, 0.4) is 0 Å². The van der Waals surface area contributed by atoms with Gasteiger partial charge in [0.1, 0.15) is 0 Å². The summed E-state index contributed by atoms with van der Waals surface area (Å²) < 4.78 is 10.1. The maximum Gasteiger partial charge on any atom is 0.305 e. The number of hydrogen-bond acceptors (Lipinski definition) is 4. The summed E-state index contributed by atoms with van der Waals surface area (Å²) in [6.07, 6.45) is -0.0368. The molecule has 0 saturated carbocycles. The van der Waals surface area contributed by atoms with Crippen molar-refractivity contribution in [2.24, 2.45) is 0 Å². The lowest BCUT2D eigenvalue weighted by Crippen LogP contribution is -2.27. The molecule has 0 unspecified atom stereocenters. The van der Waals surface area contributed by atoms with Gasteiger partial charge in [-0.25, -0.2) is 0 Å². The van der Waals surface area contributed by atoms with Crippen molar-refractivity contribution in [2.75, 3.05) is 33.0 Å². The summed E-state index contributed by atoms with van der Waals surface area (Å²) in [5.41, 5.74) is 0. The Morgan fingerprint density at radius 1 is 1.12 bits per heavy atom. The van der Waals surface area contributed by atoms with E-state index in [0.717, 1.165) is 0 Å². The van der Waals surface area contributed by atoms with Gasteiger partial charge in [0, 0.05) is 6.54 Å². The summed E-state index contributed by atoms with van der Waals surface area (Å²) >= 11 is 0. The lowest BCUT2D eigenvalue weighted by Gasteiger charge is -2.05. The fourth-order valence-electron chi connectivity index (χ4n) is 0.816. The lowest BCUT2D eigenvalue weighted by atomic mass is 10.1. The molecule has 6 nitrogen and oxygen atoms in total. The number of amides is 1. The lowest BCUT2D eigenvalue weighted by molar-refractivity contribution is -0.138. The minimum Gasteiger partial charge on any atom is -0.481 e. The molecule has 0 fully saturated rings. The molecule has 2 radical (unpaired) electrons. The molecule has 2 N–H and O–H groups in total. The molecule has 0 aliphatic carbocycles. The van der Waals surface area contributed by atoms with Crippen molar-refractivity contribution in [2.45, 2.75) is 12.7 Å². The summed E-state index contributed by atoms with van der Waals surface area (Å²) in [4.78, 5) is 20.8. The Balaban J connectivity index is 3.04. The number of aliphatic carboxylic acids is 1. The minimum absolute atomic E-state index is 0.00738. The van der Waals surface area contributed by atoms with E-state index in [-0.39, 0.29) is 25.3 Å². The third-order valence-corrected chi connectivity index (χ3v) is 1.59. The van der Waals surface area contributed by atoms with Gasteiger partial charge in [-0.1, -0.05) is 0 Å². The highest BCUT2D eigenvalue weighted by Gasteiger charge is 1.97. The second-order valence-corrected chi connectivity index (χ2v) is 2.92. The van der Waals surface area contributed by atoms with Crippen LogP contribution in [0.2, 0.25) is 6.32 Å². The monoisotopic (exact) mass is 229 g/mol. The SMILES string of the molecule is [B]CC(=O)NCCOCCOCCC(=O)O. The smallest absolute Gasteiger partial charge is 0.305 e. The van der Waals surface area contributed by atoms with Crippen LogP contribution in [0.15, 0.2) is 0 Å². The zero-order valence-corrected chi connectivity index (χ0v) is 9.11. The van der Waals surface area contributed by atoms with Crippen LogP contribution in [0.1, 0.15) is 6.42 Å². The van der Waals surface area contributed by atoms with Crippen LogP contribution >= 0.6 is 0 Å². The van der Waals surface area contributed by atoms with Crippen LogP contribution < -0.4 is 5.32 Å². The zero-order chi connectivity index (χ0) is 12.2. The van der Waals surface area contributed by atoms with E-state index in [2.05, 4.69) is 5.32 Å². The summed E-state index contributed by atoms with van der Waals surface area (Å²) in [7, 11) is 5.07. The molecule has 0 rings (SSSR count). The second-order valence-electron chi connectivity index (χ2n) is 2.92. The van der Waals surface area contributed by atoms with Crippen molar-refractivity contribution in [1.29, 1.82) is 0 Å². The molecule has 0 bridgehead atoms. The third kappa shape index (κ3) is 11.0. The van der Waals surface area contributed by atoms with Crippen molar-refractivity contribution >= 4 is 19.7 Å². The highest BCUT2D eigenvalue weighted by Crippen LogP contribution is 1.83. The normalized spacial score (nSPS) is 10.0. The first-order valence-corrected chi connectivity index (χ1v) is 5.01. The molecule has 90 valence electrons. The van der Waals surface area contributed by atoms with Gasteiger partial charge in [0.25, 0.3) is 0 Å². The van der Waals surface area contributed by atoms with Crippen LogP contribution in [0.5, 0.6) is 0 Å². The van der Waals surface area contributed by atoms with E-state index in [0.29, 0.717) is 26.4 Å². The number of carbonyl (C=O) groups excluding carboxylic acids is 1. The Labute approximate surface area is 95.7 Å². The molecule has 0 atom stereocenters. The van der Waals surface area contributed by atoms with Gasteiger partial charge in [-0.2, -0.15) is 0 Å². The van der Waals surface area contributed by atoms with Gasteiger partial charge in [-0.3, -0.25) is 9.59 Å². The molecule has 0 heterocycles. The van der Waals surface area contributed by atoms with Crippen LogP contribution in [-0.2, 0) is 19.1 Å². The first-order valence-electron chi connectivity index (χ1n) is 5.01. The fraction of sp³-hybridized carbons (Fsp3) is 0.778. The van der Waals surface area contributed by atoms with Crippen LogP contribution in [0, 0.1) is 0 Å². The average Bonchev–Trinajstić information content (AvgIpc) is 2.26. The van der Waals surface area contributed by atoms with Crippen molar-refractivity contribution < 1.29 is 24.2 Å². The average molecular weight is 229 g/mol. The van der Waals surface area contributed by atoms with Crippen molar-refractivity contribution in [1.82, 2.24) is 5.32 Å². The predicted molar refractivity (Wildman–Crippen MR) is 57.5 cm³/mol. The van der Waals surface area contributed by atoms with Gasteiger partial charge in [0.15, 0.2) is 0 Å². The molecule has 0 aliphatic rings. The first kappa shape index (κ1) is 14.9. The van der Waals surface area contributed by atoms with E-state index in [1.165, 1.54) is 0 Å². The Bertz CT molecular complexity index is 212.